The molecule has 0 spiro atoms. The smallest absolute Gasteiger partial charge is 0.462 e. The molecule has 9 heteroatoms. The second-order valence-corrected chi connectivity index (χ2v) is 13.5. The Bertz CT molecular complexity index is 854. The predicted octanol–water partition coefficient (Wildman–Crippen LogP) is 10.9. The molecule has 0 aromatic heterocycles. The van der Waals surface area contributed by atoms with Crippen molar-refractivity contribution in [3.05, 3.63) is 36.5 Å². The van der Waals surface area contributed by atoms with Gasteiger partial charge in [0, 0.05) is 20.0 Å². The Morgan fingerprint density at radius 2 is 1.11 bits per heavy atom. The summed E-state index contributed by atoms with van der Waals surface area (Å²) in [6.45, 7) is 3.73. The summed E-state index contributed by atoms with van der Waals surface area (Å²) in [5.41, 5.74) is 0. The topological polar surface area (TPSA) is 108 Å². The normalized spacial score (nSPS) is 13.9. The Kier molecular flexibility index (Phi) is 31.9. The average Bonchev–Trinajstić information content (AvgIpc) is 3.04. The van der Waals surface area contributed by atoms with Gasteiger partial charge in [-0.25, -0.2) is 4.57 Å². The van der Waals surface area contributed by atoms with Crippen molar-refractivity contribution in [3.8, 4) is 0 Å². The van der Waals surface area contributed by atoms with Gasteiger partial charge in [0.25, 0.3) is 0 Å². The summed E-state index contributed by atoms with van der Waals surface area (Å²) in [6.07, 6.45) is 36.3. The molecular formula is C37H67O8P. The molecule has 0 amide bonds. The van der Waals surface area contributed by atoms with Crippen LogP contribution in [0.2, 0.25) is 0 Å². The van der Waals surface area contributed by atoms with Crippen LogP contribution < -0.4 is 0 Å². The highest BCUT2D eigenvalue weighted by Crippen LogP contribution is 2.42. The number of phosphoric ester groups is 1. The number of allylic oxidation sites excluding steroid dienone is 6. The Balaban J connectivity index is 4.11. The van der Waals surface area contributed by atoms with E-state index < -0.39 is 26.5 Å². The maximum atomic E-state index is 12.4. The summed E-state index contributed by atoms with van der Waals surface area (Å²) >= 11 is 0. The number of hydrogen-bond acceptors (Lipinski definition) is 7. The van der Waals surface area contributed by atoms with E-state index in [0.29, 0.717) is 6.42 Å². The first-order chi connectivity index (χ1) is 22.3. The fourth-order valence-corrected chi connectivity index (χ4v) is 5.31. The van der Waals surface area contributed by atoms with Crippen molar-refractivity contribution >= 4 is 19.8 Å². The third-order valence-corrected chi connectivity index (χ3v) is 8.59. The van der Waals surface area contributed by atoms with Gasteiger partial charge in [-0.15, -0.1) is 0 Å². The highest BCUT2D eigenvalue weighted by Gasteiger charge is 2.24. The van der Waals surface area contributed by atoms with Crippen molar-refractivity contribution in [1.82, 2.24) is 0 Å². The highest BCUT2D eigenvalue weighted by atomic mass is 31.2. The molecule has 0 rings (SSSR count). The molecule has 0 aliphatic rings. The molecule has 2 atom stereocenters. The van der Waals surface area contributed by atoms with Gasteiger partial charge in [0.15, 0.2) is 6.10 Å². The van der Waals surface area contributed by atoms with Crippen LogP contribution in [-0.2, 0) is 32.7 Å². The van der Waals surface area contributed by atoms with Crippen LogP contribution in [0.4, 0.5) is 0 Å². The van der Waals surface area contributed by atoms with Gasteiger partial charge >= 0.3 is 19.8 Å². The van der Waals surface area contributed by atoms with Crippen LogP contribution >= 0.6 is 7.82 Å². The van der Waals surface area contributed by atoms with E-state index in [2.05, 4.69) is 54.8 Å². The van der Waals surface area contributed by atoms with Gasteiger partial charge in [0.2, 0.25) is 0 Å². The minimum absolute atomic E-state index is 0.211. The van der Waals surface area contributed by atoms with Crippen molar-refractivity contribution in [3.63, 3.8) is 0 Å². The molecule has 268 valence electrons. The number of phosphoric acid groups is 1. The monoisotopic (exact) mass is 670 g/mol. The molecule has 8 nitrogen and oxygen atoms in total. The second-order valence-electron chi connectivity index (χ2n) is 12.0. The van der Waals surface area contributed by atoms with Gasteiger partial charge < -0.3 is 14.4 Å². The average molecular weight is 671 g/mol. The largest absolute Gasteiger partial charge is 0.472 e. The number of ether oxygens (including phenoxy) is 2. The fraction of sp³-hybridized carbons (Fsp3) is 0.784. The van der Waals surface area contributed by atoms with Gasteiger partial charge in [0.1, 0.15) is 6.61 Å². The van der Waals surface area contributed by atoms with Crippen molar-refractivity contribution in [2.45, 2.75) is 168 Å². The lowest BCUT2D eigenvalue weighted by molar-refractivity contribution is -0.161. The molecule has 0 aromatic carbocycles. The Morgan fingerprint density at radius 3 is 1.65 bits per heavy atom. The van der Waals surface area contributed by atoms with Crippen LogP contribution in [-0.4, -0.2) is 43.3 Å². The first kappa shape index (κ1) is 44.3. The van der Waals surface area contributed by atoms with E-state index in [-0.39, 0.29) is 25.4 Å². The molecule has 0 saturated heterocycles. The summed E-state index contributed by atoms with van der Waals surface area (Å²) in [5.74, 6) is -0.838. The zero-order valence-electron chi connectivity index (χ0n) is 29.5. The predicted molar refractivity (Wildman–Crippen MR) is 189 cm³/mol. The summed E-state index contributed by atoms with van der Waals surface area (Å²) in [4.78, 5) is 34.2. The molecular weight excluding hydrogens is 603 g/mol. The quantitative estimate of drug-likeness (QED) is 0.0318. The SMILES string of the molecule is CC/C=C\C/C=C\C/C=C\CCCCCC(=O)OC(COC(=O)CCCCCCCCCCCCCCCC)COP(=O)(O)OC. The van der Waals surface area contributed by atoms with Crippen LogP contribution in [0.5, 0.6) is 0 Å². The van der Waals surface area contributed by atoms with Crippen molar-refractivity contribution in [2.75, 3.05) is 20.3 Å². The maximum Gasteiger partial charge on any atom is 0.472 e. The molecule has 0 fully saturated rings. The lowest BCUT2D eigenvalue weighted by atomic mass is 10.0. The van der Waals surface area contributed by atoms with Gasteiger partial charge in [-0.05, 0) is 44.9 Å². The summed E-state index contributed by atoms with van der Waals surface area (Å²) < 4.78 is 31.8. The maximum absolute atomic E-state index is 12.4. The Hall–Kier alpha value is -1.73. The molecule has 1 N–H and O–H groups in total. The van der Waals surface area contributed by atoms with Gasteiger partial charge in [-0.2, -0.15) is 0 Å². The van der Waals surface area contributed by atoms with Gasteiger partial charge in [0.05, 0.1) is 6.61 Å². The summed E-state index contributed by atoms with van der Waals surface area (Å²) in [6, 6.07) is 0. The molecule has 0 aliphatic carbocycles. The molecule has 0 aliphatic heterocycles. The van der Waals surface area contributed by atoms with Crippen LogP contribution in [0.1, 0.15) is 162 Å². The molecule has 0 aromatic rings. The number of rotatable bonds is 33. The van der Waals surface area contributed by atoms with Crippen LogP contribution in [0.25, 0.3) is 0 Å². The van der Waals surface area contributed by atoms with E-state index in [1.165, 1.54) is 70.6 Å². The van der Waals surface area contributed by atoms with Crippen LogP contribution in [0.15, 0.2) is 36.5 Å². The second kappa shape index (κ2) is 33.2. The van der Waals surface area contributed by atoms with Crippen molar-refractivity contribution in [2.24, 2.45) is 0 Å². The summed E-state index contributed by atoms with van der Waals surface area (Å²) in [5, 5.41) is 0. The number of esters is 2. The first-order valence-corrected chi connectivity index (χ1v) is 19.7. The summed E-state index contributed by atoms with van der Waals surface area (Å²) in [7, 11) is -3.21. The minimum Gasteiger partial charge on any atom is -0.462 e. The van der Waals surface area contributed by atoms with Crippen molar-refractivity contribution in [1.29, 1.82) is 0 Å². The van der Waals surface area contributed by atoms with Crippen LogP contribution in [0.3, 0.4) is 0 Å². The number of carbonyl (C=O) groups is 2. The zero-order valence-corrected chi connectivity index (χ0v) is 30.4. The van der Waals surface area contributed by atoms with E-state index >= 15 is 0 Å². The minimum atomic E-state index is -4.26. The Labute approximate surface area is 281 Å². The third-order valence-electron chi connectivity index (χ3n) is 7.65. The third kappa shape index (κ3) is 32.2. The number of carbonyl (C=O) groups excluding carboxylic acids is 2. The van der Waals surface area contributed by atoms with E-state index in [1.807, 2.05) is 0 Å². The molecule has 0 bridgehead atoms. The van der Waals surface area contributed by atoms with Gasteiger partial charge in [-0.3, -0.25) is 18.6 Å². The molecule has 0 saturated carbocycles. The van der Waals surface area contributed by atoms with E-state index in [1.54, 1.807) is 0 Å². The standard InChI is InChI=1S/C37H67O8P/c1-4-6-8-10-12-14-16-18-20-21-23-25-27-29-31-36(38)43-33-35(34-44-46(40,41)42-3)45-37(39)32-30-28-26-24-22-19-17-15-13-11-9-7-5-2/h7,9,13,15,19,22,35H,4-6,8,10-12,14,16-18,20-21,23-34H2,1-3H3,(H,40,41)/b9-7-,15-13-,22-19-. The number of hydrogen-bond donors (Lipinski definition) is 1. The van der Waals surface area contributed by atoms with Gasteiger partial charge in [-0.1, -0.05) is 140 Å². The molecule has 0 heterocycles. The zero-order chi connectivity index (χ0) is 34.0. The Morgan fingerprint density at radius 1 is 0.630 bits per heavy atom. The molecule has 0 radical (unpaired) electrons. The van der Waals surface area contributed by atoms with Crippen molar-refractivity contribution < 1.29 is 37.6 Å². The molecule has 2 unspecified atom stereocenters. The van der Waals surface area contributed by atoms with E-state index in [0.717, 1.165) is 64.9 Å². The van der Waals surface area contributed by atoms with Crippen LogP contribution in [0, 0.1) is 0 Å². The first-order valence-electron chi connectivity index (χ1n) is 18.2. The van der Waals surface area contributed by atoms with E-state index in [4.69, 9.17) is 14.0 Å². The number of unbranched alkanes of at least 4 members (excludes halogenated alkanes) is 16. The lowest BCUT2D eigenvalue weighted by Gasteiger charge is -2.19. The highest BCUT2D eigenvalue weighted by molar-refractivity contribution is 7.47. The lowest BCUT2D eigenvalue weighted by Crippen LogP contribution is -2.29. The van der Waals surface area contributed by atoms with E-state index in [9.17, 15) is 19.0 Å². The molecule has 46 heavy (non-hydrogen) atoms. The fourth-order valence-electron chi connectivity index (χ4n) is 4.85.